The molecule has 0 aliphatic carbocycles. The summed E-state index contributed by atoms with van der Waals surface area (Å²) in [4.78, 5) is 16.3. The second-order valence-corrected chi connectivity index (χ2v) is 6.93. The zero-order chi connectivity index (χ0) is 22.0. The number of rotatable bonds is 7. The number of primary amides is 1. The Labute approximate surface area is 179 Å². The number of aromatic nitrogens is 3. The molecule has 3 N–H and O–H groups in total. The van der Waals surface area contributed by atoms with Gasteiger partial charge in [-0.15, -0.1) is 0 Å². The second kappa shape index (κ2) is 8.35. The Morgan fingerprint density at radius 1 is 1.16 bits per heavy atom. The van der Waals surface area contributed by atoms with Crippen molar-refractivity contribution in [2.24, 2.45) is 5.73 Å². The van der Waals surface area contributed by atoms with Crippen molar-refractivity contribution in [3.05, 3.63) is 66.0 Å². The van der Waals surface area contributed by atoms with E-state index in [1.54, 1.807) is 43.1 Å². The number of benzene rings is 2. The highest BCUT2D eigenvalue weighted by molar-refractivity contribution is 5.94. The van der Waals surface area contributed by atoms with Crippen LogP contribution < -0.4 is 20.5 Å². The van der Waals surface area contributed by atoms with Gasteiger partial charge in [-0.05, 0) is 41.8 Å². The maximum atomic E-state index is 11.6. The molecule has 0 fully saturated rings. The highest BCUT2D eigenvalue weighted by Crippen LogP contribution is 2.36. The Hall–Kier alpha value is -4.07. The van der Waals surface area contributed by atoms with Crippen LogP contribution in [0.2, 0.25) is 0 Å². The van der Waals surface area contributed by atoms with E-state index < -0.39 is 5.91 Å². The van der Waals surface area contributed by atoms with Gasteiger partial charge in [0.15, 0.2) is 17.1 Å². The summed E-state index contributed by atoms with van der Waals surface area (Å²) in [5.74, 6) is 1.55. The first-order valence-electron chi connectivity index (χ1n) is 9.80. The number of nitrogens with one attached hydrogen (secondary N) is 1. The molecule has 31 heavy (non-hydrogen) atoms. The van der Waals surface area contributed by atoms with Gasteiger partial charge in [-0.25, -0.2) is 9.50 Å². The lowest BCUT2D eigenvalue weighted by atomic mass is 10.1. The fourth-order valence-electron chi connectivity index (χ4n) is 3.51. The van der Waals surface area contributed by atoms with E-state index in [4.69, 9.17) is 20.2 Å². The first-order valence-corrected chi connectivity index (χ1v) is 9.80. The van der Waals surface area contributed by atoms with Gasteiger partial charge in [0, 0.05) is 29.1 Å². The summed E-state index contributed by atoms with van der Waals surface area (Å²) < 4.78 is 12.7. The molecule has 1 amide bonds. The summed E-state index contributed by atoms with van der Waals surface area (Å²) in [5, 5.41) is 7.70. The van der Waals surface area contributed by atoms with E-state index >= 15 is 0 Å². The number of nitrogens with zero attached hydrogens (tertiary/aromatic N) is 3. The van der Waals surface area contributed by atoms with Crippen LogP contribution in [-0.4, -0.2) is 34.7 Å². The molecule has 0 bridgehead atoms. The molecule has 0 saturated carbocycles. The van der Waals surface area contributed by atoms with Gasteiger partial charge in [0.25, 0.3) is 0 Å². The normalized spacial score (nSPS) is 10.8. The number of hydrogen-bond donors (Lipinski definition) is 2. The molecule has 0 saturated heterocycles. The third kappa shape index (κ3) is 3.87. The molecule has 0 spiro atoms. The van der Waals surface area contributed by atoms with Crippen LogP contribution >= 0.6 is 0 Å². The molecule has 158 valence electrons. The molecular weight excluding hydrogens is 394 g/mol. The van der Waals surface area contributed by atoms with E-state index in [2.05, 4.69) is 17.3 Å². The number of aryl methyl sites for hydroxylation is 1. The number of carbonyl (C=O) groups is 1. The summed E-state index contributed by atoms with van der Waals surface area (Å²) in [5.41, 5.74) is 9.99. The van der Waals surface area contributed by atoms with Gasteiger partial charge in [0.05, 0.1) is 20.4 Å². The lowest BCUT2D eigenvalue weighted by molar-refractivity contribution is 0.100. The highest BCUT2D eigenvalue weighted by Gasteiger charge is 2.14. The summed E-state index contributed by atoms with van der Waals surface area (Å²) in [6.45, 7) is 2.06. The smallest absolute Gasteiger partial charge is 0.248 e. The molecule has 0 unspecified atom stereocenters. The Kier molecular flexibility index (Phi) is 5.44. The van der Waals surface area contributed by atoms with Crippen molar-refractivity contribution >= 4 is 23.1 Å². The Balaban J connectivity index is 1.73. The number of nitrogens with two attached hydrogens (primary N) is 1. The van der Waals surface area contributed by atoms with E-state index in [0.29, 0.717) is 22.8 Å². The average Bonchev–Trinajstić information content (AvgIpc) is 3.21. The lowest BCUT2D eigenvalue weighted by Crippen LogP contribution is -2.10. The number of amides is 1. The molecular formula is C23H23N5O3. The van der Waals surface area contributed by atoms with E-state index in [1.165, 1.54) is 0 Å². The molecule has 0 aliphatic heterocycles. The molecule has 2 aromatic heterocycles. The van der Waals surface area contributed by atoms with E-state index in [9.17, 15) is 4.79 Å². The zero-order valence-electron chi connectivity index (χ0n) is 17.5. The van der Waals surface area contributed by atoms with Crippen LogP contribution in [0.25, 0.3) is 16.8 Å². The number of fused-ring (bicyclic) bond motifs is 1. The summed E-state index contributed by atoms with van der Waals surface area (Å²) in [6.07, 6.45) is 4.34. The molecule has 2 aromatic carbocycles. The number of methoxy groups -OCH3 is 2. The van der Waals surface area contributed by atoms with E-state index in [-0.39, 0.29) is 0 Å². The molecule has 4 aromatic rings. The van der Waals surface area contributed by atoms with Crippen LogP contribution in [0, 0.1) is 0 Å². The summed E-state index contributed by atoms with van der Waals surface area (Å²) >= 11 is 0. The van der Waals surface area contributed by atoms with Crippen molar-refractivity contribution in [1.82, 2.24) is 14.6 Å². The molecule has 4 rings (SSSR count). The Morgan fingerprint density at radius 2 is 2.00 bits per heavy atom. The zero-order valence-corrected chi connectivity index (χ0v) is 17.5. The largest absolute Gasteiger partial charge is 0.493 e. The first kappa shape index (κ1) is 20.2. The van der Waals surface area contributed by atoms with Crippen molar-refractivity contribution in [2.45, 2.75) is 13.3 Å². The molecule has 0 aliphatic rings. The standard InChI is InChI=1S/C23H23N5O3/c1-4-14-11-17(12-19(30-2)21(14)31-3)26-20-8-9-28-23(27-20)18(13-25-28)15-6-5-7-16(10-15)22(24)29/h5-13H,4H2,1-3H3,(H2,24,29)(H,26,27). The van der Waals surface area contributed by atoms with Gasteiger partial charge in [-0.1, -0.05) is 19.1 Å². The summed E-state index contributed by atoms with van der Waals surface area (Å²) in [6, 6.07) is 12.8. The van der Waals surface area contributed by atoms with Crippen LogP contribution in [0.4, 0.5) is 11.5 Å². The average molecular weight is 417 g/mol. The molecule has 8 nitrogen and oxygen atoms in total. The lowest BCUT2D eigenvalue weighted by Gasteiger charge is -2.15. The monoisotopic (exact) mass is 417 g/mol. The maximum absolute atomic E-state index is 11.6. The van der Waals surface area contributed by atoms with Crippen LogP contribution in [0.3, 0.4) is 0 Å². The molecule has 0 radical (unpaired) electrons. The first-order chi connectivity index (χ1) is 15.0. The van der Waals surface area contributed by atoms with Gasteiger partial charge in [-0.2, -0.15) is 5.10 Å². The molecule has 0 atom stereocenters. The van der Waals surface area contributed by atoms with Crippen molar-refractivity contribution < 1.29 is 14.3 Å². The van der Waals surface area contributed by atoms with Gasteiger partial charge in [0.2, 0.25) is 5.91 Å². The Bertz CT molecular complexity index is 1240. The quantitative estimate of drug-likeness (QED) is 0.474. The number of carbonyl (C=O) groups excluding carboxylic acids is 1. The highest BCUT2D eigenvalue weighted by atomic mass is 16.5. The van der Waals surface area contributed by atoms with Crippen LogP contribution in [0.5, 0.6) is 11.5 Å². The predicted octanol–water partition coefficient (Wildman–Crippen LogP) is 3.82. The third-order valence-electron chi connectivity index (χ3n) is 5.04. The summed E-state index contributed by atoms with van der Waals surface area (Å²) in [7, 11) is 3.25. The van der Waals surface area contributed by atoms with Crippen molar-refractivity contribution in [3.63, 3.8) is 0 Å². The fourth-order valence-corrected chi connectivity index (χ4v) is 3.51. The van der Waals surface area contributed by atoms with Crippen molar-refractivity contribution in [3.8, 4) is 22.6 Å². The molecule has 8 heteroatoms. The topological polar surface area (TPSA) is 104 Å². The van der Waals surface area contributed by atoms with Crippen LogP contribution in [0.1, 0.15) is 22.8 Å². The predicted molar refractivity (Wildman–Crippen MR) is 119 cm³/mol. The van der Waals surface area contributed by atoms with Gasteiger partial charge in [-0.3, -0.25) is 4.79 Å². The third-order valence-corrected chi connectivity index (χ3v) is 5.04. The SMILES string of the molecule is CCc1cc(Nc2ccn3ncc(-c4cccc(C(N)=O)c4)c3n2)cc(OC)c1OC. The minimum absolute atomic E-state index is 0.434. The van der Waals surface area contributed by atoms with Crippen molar-refractivity contribution in [2.75, 3.05) is 19.5 Å². The number of ether oxygens (including phenoxy) is 2. The van der Waals surface area contributed by atoms with Crippen LogP contribution in [-0.2, 0) is 6.42 Å². The fraction of sp³-hybridized carbons (Fsp3) is 0.174. The Morgan fingerprint density at radius 3 is 2.71 bits per heavy atom. The second-order valence-electron chi connectivity index (χ2n) is 6.93. The number of anilines is 2. The van der Waals surface area contributed by atoms with Gasteiger partial charge in [0.1, 0.15) is 5.82 Å². The van der Waals surface area contributed by atoms with Gasteiger partial charge >= 0.3 is 0 Å². The minimum Gasteiger partial charge on any atom is -0.493 e. The molecule has 2 heterocycles. The maximum Gasteiger partial charge on any atom is 0.248 e. The number of hydrogen-bond acceptors (Lipinski definition) is 6. The van der Waals surface area contributed by atoms with E-state index in [0.717, 1.165) is 34.5 Å². The van der Waals surface area contributed by atoms with Crippen molar-refractivity contribution in [1.29, 1.82) is 0 Å². The minimum atomic E-state index is -0.478. The van der Waals surface area contributed by atoms with E-state index in [1.807, 2.05) is 30.5 Å². The van der Waals surface area contributed by atoms with Crippen LogP contribution in [0.15, 0.2) is 54.9 Å². The van der Waals surface area contributed by atoms with Gasteiger partial charge < -0.3 is 20.5 Å².